The topological polar surface area (TPSA) is 131 Å². The highest BCUT2D eigenvalue weighted by Crippen LogP contribution is 2.12. The van der Waals surface area contributed by atoms with E-state index in [1.807, 2.05) is 16.7 Å². The Morgan fingerprint density at radius 1 is 0.909 bits per heavy atom. The van der Waals surface area contributed by atoms with Gasteiger partial charge in [-0.25, -0.2) is 0 Å². The average molecular weight is 473 g/mol. The number of ketones is 1. The van der Waals surface area contributed by atoms with Crippen LogP contribution in [0, 0.1) is 5.92 Å². The zero-order chi connectivity index (χ0) is 24.8. The molecule has 0 bridgehead atoms. The summed E-state index contributed by atoms with van der Waals surface area (Å²) in [4.78, 5) is 54.1. The Kier molecular flexibility index (Phi) is 13.8. The fourth-order valence-electron chi connectivity index (χ4n) is 3.82. The van der Waals surface area contributed by atoms with Crippen molar-refractivity contribution in [1.29, 1.82) is 0 Å². The summed E-state index contributed by atoms with van der Waals surface area (Å²) in [5, 5.41) is 19.2. The third-order valence-corrected chi connectivity index (χ3v) is 6.04. The van der Waals surface area contributed by atoms with Gasteiger partial charge in [-0.05, 0) is 13.0 Å². The van der Waals surface area contributed by atoms with E-state index in [0.717, 1.165) is 6.54 Å². The Morgan fingerprint density at radius 3 is 1.97 bits per heavy atom. The zero-order valence-corrected chi connectivity index (χ0v) is 20.1. The van der Waals surface area contributed by atoms with Crippen LogP contribution in [-0.2, 0) is 23.9 Å². The van der Waals surface area contributed by atoms with Crippen LogP contribution < -0.4 is 0 Å². The molecule has 1 saturated heterocycles. The molecule has 1 atom stereocenters. The van der Waals surface area contributed by atoms with E-state index in [0.29, 0.717) is 58.8 Å². The largest absolute Gasteiger partial charge is 0.480 e. The van der Waals surface area contributed by atoms with Crippen molar-refractivity contribution in [3.05, 3.63) is 0 Å². The van der Waals surface area contributed by atoms with Crippen molar-refractivity contribution < 1.29 is 34.1 Å². The highest BCUT2D eigenvalue weighted by atomic mass is 16.5. The Morgan fingerprint density at radius 2 is 1.45 bits per heavy atom. The van der Waals surface area contributed by atoms with E-state index in [2.05, 4.69) is 4.90 Å². The smallest absolute Gasteiger partial charge is 0.320 e. The number of carboxylic acids is 2. The van der Waals surface area contributed by atoms with Crippen LogP contribution in [0.3, 0.4) is 0 Å². The number of carboxylic acid groups (broad SMARTS) is 2. The number of likely N-dealkylation sites (N-methyl/N-ethyl adjacent to an activating group) is 1. The van der Waals surface area contributed by atoms with E-state index in [1.54, 1.807) is 18.7 Å². The van der Waals surface area contributed by atoms with Gasteiger partial charge in [0.05, 0.1) is 6.54 Å². The summed E-state index contributed by atoms with van der Waals surface area (Å²) < 4.78 is 4.95. The summed E-state index contributed by atoms with van der Waals surface area (Å²) in [7, 11) is 0. The molecule has 190 valence electrons. The molecule has 0 amide bonds. The van der Waals surface area contributed by atoms with Crippen molar-refractivity contribution in [2.45, 2.75) is 39.7 Å². The summed E-state index contributed by atoms with van der Waals surface area (Å²) in [6.45, 7) is 11.0. The number of hydrogen-bond acceptors (Lipinski definition) is 9. The molecule has 0 aliphatic carbocycles. The average Bonchev–Trinajstić information content (AvgIpc) is 2.75. The van der Waals surface area contributed by atoms with Crippen LogP contribution in [0.25, 0.3) is 0 Å². The Labute approximate surface area is 196 Å². The second-order valence-corrected chi connectivity index (χ2v) is 8.66. The Bertz CT molecular complexity index is 632. The maximum absolute atomic E-state index is 12.1. The number of hydrogen-bond donors (Lipinski definition) is 2. The highest BCUT2D eigenvalue weighted by Gasteiger charge is 2.28. The maximum Gasteiger partial charge on any atom is 0.320 e. The van der Waals surface area contributed by atoms with E-state index in [4.69, 9.17) is 4.74 Å². The molecule has 0 aromatic carbocycles. The molecule has 0 radical (unpaired) electrons. The van der Waals surface area contributed by atoms with Crippen LogP contribution in [0.4, 0.5) is 0 Å². The minimum absolute atomic E-state index is 0.0174. The number of ether oxygens (including phenoxy) is 1. The molecule has 0 unspecified atom stereocenters. The summed E-state index contributed by atoms with van der Waals surface area (Å²) in [6, 6.07) is -0.858. The second-order valence-electron chi connectivity index (χ2n) is 8.66. The fourth-order valence-corrected chi connectivity index (χ4v) is 3.82. The van der Waals surface area contributed by atoms with E-state index < -0.39 is 18.0 Å². The molecule has 0 spiro atoms. The number of rotatable bonds is 12. The molecule has 2 N–H and O–H groups in total. The highest BCUT2D eigenvalue weighted by molar-refractivity contribution is 5.81. The van der Waals surface area contributed by atoms with E-state index in [1.165, 1.54) is 0 Å². The molecule has 0 aromatic rings. The predicted molar refractivity (Wildman–Crippen MR) is 122 cm³/mol. The first-order valence-corrected chi connectivity index (χ1v) is 11.6. The zero-order valence-electron chi connectivity index (χ0n) is 20.1. The SMILES string of the molecule is CCN1CCN(COC=O)CCN([C@@H](CCC(=O)C(C)C)C(=O)O)CCN(CC(=O)O)CC1. The summed E-state index contributed by atoms with van der Waals surface area (Å²) >= 11 is 0. The van der Waals surface area contributed by atoms with Gasteiger partial charge in [-0.2, -0.15) is 0 Å². The number of nitrogens with zero attached hydrogens (tertiary/aromatic N) is 4. The van der Waals surface area contributed by atoms with Crippen LogP contribution >= 0.6 is 0 Å². The monoisotopic (exact) mass is 472 g/mol. The minimum Gasteiger partial charge on any atom is -0.480 e. The van der Waals surface area contributed by atoms with Crippen molar-refractivity contribution in [2.24, 2.45) is 5.92 Å². The third kappa shape index (κ3) is 11.6. The lowest BCUT2D eigenvalue weighted by Gasteiger charge is -2.35. The van der Waals surface area contributed by atoms with Gasteiger partial charge in [-0.1, -0.05) is 20.8 Å². The molecule has 0 aromatic heterocycles. The molecule has 1 rings (SSSR count). The summed E-state index contributed by atoms with van der Waals surface area (Å²) in [5.74, 6) is -2.07. The van der Waals surface area contributed by atoms with Crippen molar-refractivity contribution in [3.8, 4) is 0 Å². The number of aliphatic carboxylic acids is 2. The second kappa shape index (κ2) is 15.7. The molecule has 1 heterocycles. The number of Topliss-reactive ketones (excluding diaryl/α,β-unsaturated/α-hetero) is 1. The van der Waals surface area contributed by atoms with Gasteiger partial charge in [-0.15, -0.1) is 0 Å². The number of carbonyl (C=O) groups is 4. The lowest BCUT2D eigenvalue weighted by atomic mass is 10.0. The van der Waals surface area contributed by atoms with Crippen LogP contribution in [0.1, 0.15) is 33.6 Å². The molecule has 1 aliphatic heterocycles. The normalized spacial score (nSPS) is 19.4. The molecule has 1 fully saturated rings. The molecule has 33 heavy (non-hydrogen) atoms. The van der Waals surface area contributed by atoms with E-state index in [9.17, 15) is 29.4 Å². The van der Waals surface area contributed by atoms with Gasteiger partial charge >= 0.3 is 11.9 Å². The lowest BCUT2D eigenvalue weighted by Crippen LogP contribution is -2.51. The Balaban J connectivity index is 3.04. The predicted octanol–water partition coefficient (Wildman–Crippen LogP) is -0.0985. The maximum atomic E-state index is 12.1. The van der Waals surface area contributed by atoms with Gasteiger partial charge in [0, 0.05) is 64.7 Å². The molecular weight excluding hydrogens is 432 g/mol. The quantitative estimate of drug-likeness (QED) is 0.369. The summed E-state index contributed by atoms with van der Waals surface area (Å²) in [6.07, 6.45) is 0.368. The van der Waals surface area contributed by atoms with E-state index in [-0.39, 0.29) is 37.8 Å². The van der Waals surface area contributed by atoms with Crippen LogP contribution in [-0.4, -0.2) is 132 Å². The first-order chi connectivity index (χ1) is 15.7. The Hall–Kier alpha value is -2.08. The molecular formula is C22H40N4O7. The van der Waals surface area contributed by atoms with Gasteiger partial charge in [0.25, 0.3) is 6.47 Å². The van der Waals surface area contributed by atoms with Crippen LogP contribution in [0.5, 0.6) is 0 Å². The van der Waals surface area contributed by atoms with E-state index >= 15 is 0 Å². The molecule has 0 saturated carbocycles. The van der Waals surface area contributed by atoms with Gasteiger partial charge in [-0.3, -0.25) is 33.9 Å². The number of carbonyl (C=O) groups excluding carboxylic acids is 2. The van der Waals surface area contributed by atoms with Gasteiger partial charge in [0.2, 0.25) is 0 Å². The van der Waals surface area contributed by atoms with Crippen LogP contribution in [0.2, 0.25) is 0 Å². The molecule has 11 heteroatoms. The standard InChI is InChI=1S/C22H40N4O7/c1-4-23-7-9-24(15-21(29)30)11-13-26(14-12-25(10-8-23)16-33-17-27)19(22(31)32)5-6-20(28)18(2)3/h17-19H,4-16H2,1-3H3,(H,29,30)(H,31,32)/t19-/m0/s1. The van der Waals surface area contributed by atoms with Gasteiger partial charge in [0.1, 0.15) is 18.6 Å². The van der Waals surface area contributed by atoms with Crippen molar-refractivity contribution in [1.82, 2.24) is 19.6 Å². The molecule has 1 aliphatic rings. The van der Waals surface area contributed by atoms with Gasteiger partial charge in [0.15, 0.2) is 0 Å². The van der Waals surface area contributed by atoms with Crippen LogP contribution in [0.15, 0.2) is 0 Å². The summed E-state index contributed by atoms with van der Waals surface area (Å²) in [5.41, 5.74) is 0. The molecule has 11 nitrogen and oxygen atoms in total. The lowest BCUT2D eigenvalue weighted by molar-refractivity contribution is -0.145. The van der Waals surface area contributed by atoms with Gasteiger partial charge < -0.3 is 19.8 Å². The first-order valence-electron chi connectivity index (χ1n) is 11.6. The van der Waals surface area contributed by atoms with Crippen molar-refractivity contribution in [3.63, 3.8) is 0 Å². The van der Waals surface area contributed by atoms with Crippen molar-refractivity contribution >= 4 is 24.2 Å². The van der Waals surface area contributed by atoms with Crippen molar-refractivity contribution in [2.75, 3.05) is 72.2 Å². The minimum atomic E-state index is -1.00. The third-order valence-electron chi connectivity index (χ3n) is 6.04. The fraction of sp³-hybridized carbons (Fsp3) is 0.818. The first kappa shape index (κ1) is 29.0.